The van der Waals surface area contributed by atoms with Crippen molar-refractivity contribution >= 4 is 5.97 Å². The van der Waals surface area contributed by atoms with Gasteiger partial charge in [0.25, 0.3) is 0 Å². The molecule has 0 bridgehead atoms. The van der Waals surface area contributed by atoms with E-state index in [0.717, 1.165) is 12.1 Å². The van der Waals surface area contributed by atoms with Gasteiger partial charge in [0.05, 0.1) is 19.2 Å². The largest absolute Gasteiger partial charge is 0.467 e. The van der Waals surface area contributed by atoms with Crippen LogP contribution in [0.5, 0.6) is 0 Å². The number of halogens is 3. The van der Waals surface area contributed by atoms with Crippen molar-refractivity contribution in [3.8, 4) is 12.3 Å². The second kappa shape index (κ2) is 5.97. The maximum absolute atomic E-state index is 12.5. The quantitative estimate of drug-likeness (QED) is 0.681. The Morgan fingerprint density at radius 1 is 1.30 bits per heavy atom. The van der Waals surface area contributed by atoms with Gasteiger partial charge in [-0.1, -0.05) is 18.1 Å². The molecule has 0 spiro atoms. The van der Waals surface area contributed by atoms with E-state index >= 15 is 0 Å². The molecule has 1 unspecified atom stereocenters. The molecule has 0 saturated heterocycles. The molecule has 1 N–H and O–H groups in total. The fraction of sp³-hybridized carbons (Fsp3) is 0.357. The molecule has 108 valence electrons. The first-order chi connectivity index (χ1) is 9.25. The average Bonchev–Trinajstić information content (AvgIpc) is 2.43. The SMILES string of the molecule is C#CCNC(C)(C(=O)OC)c1ccc(C(F)(F)F)cc1. The van der Waals surface area contributed by atoms with E-state index in [1.165, 1.54) is 26.2 Å². The summed E-state index contributed by atoms with van der Waals surface area (Å²) in [6.07, 6.45) is 0.699. The highest BCUT2D eigenvalue weighted by Gasteiger charge is 2.37. The number of ether oxygens (including phenoxy) is 1. The first-order valence-electron chi connectivity index (χ1n) is 5.70. The van der Waals surface area contributed by atoms with Gasteiger partial charge in [0.1, 0.15) is 5.54 Å². The van der Waals surface area contributed by atoms with Crippen LogP contribution in [0.15, 0.2) is 24.3 Å². The average molecular weight is 285 g/mol. The Hall–Kier alpha value is -2.00. The smallest absolute Gasteiger partial charge is 0.416 e. The Morgan fingerprint density at radius 3 is 2.20 bits per heavy atom. The van der Waals surface area contributed by atoms with E-state index < -0.39 is 23.2 Å². The van der Waals surface area contributed by atoms with Gasteiger partial charge in [-0.2, -0.15) is 13.2 Å². The summed E-state index contributed by atoms with van der Waals surface area (Å²) < 4.78 is 42.2. The third kappa shape index (κ3) is 3.31. The lowest BCUT2D eigenvalue weighted by atomic mass is 9.91. The first kappa shape index (κ1) is 16.1. The number of benzene rings is 1. The maximum Gasteiger partial charge on any atom is 0.416 e. The summed E-state index contributed by atoms with van der Waals surface area (Å²) >= 11 is 0. The molecule has 0 aliphatic heterocycles. The van der Waals surface area contributed by atoms with Gasteiger partial charge in [-0.05, 0) is 24.6 Å². The molecular formula is C14H14F3NO2. The highest BCUT2D eigenvalue weighted by atomic mass is 19.4. The number of alkyl halides is 3. The molecule has 0 amide bonds. The van der Waals surface area contributed by atoms with E-state index in [0.29, 0.717) is 5.56 Å². The Morgan fingerprint density at radius 2 is 1.80 bits per heavy atom. The van der Waals surface area contributed by atoms with Crippen LogP contribution in [0, 0.1) is 12.3 Å². The van der Waals surface area contributed by atoms with Crippen LogP contribution in [0.3, 0.4) is 0 Å². The van der Waals surface area contributed by atoms with E-state index in [1.54, 1.807) is 0 Å². The molecule has 1 aromatic carbocycles. The van der Waals surface area contributed by atoms with Crippen LogP contribution >= 0.6 is 0 Å². The third-order valence-electron chi connectivity index (χ3n) is 2.93. The predicted molar refractivity (Wildman–Crippen MR) is 67.6 cm³/mol. The number of terminal acetylenes is 1. The van der Waals surface area contributed by atoms with Crippen LogP contribution in [-0.4, -0.2) is 19.6 Å². The standard InChI is InChI=1S/C14H14F3NO2/c1-4-9-18-13(2,12(19)20-3)10-5-7-11(8-6-10)14(15,16)17/h1,5-8,18H,9H2,2-3H3. The zero-order valence-electron chi connectivity index (χ0n) is 11.0. The van der Waals surface area contributed by atoms with Crippen LogP contribution in [0.4, 0.5) is 13.2 Å². The van der Waals surface area contributed by atoms with Gasteiger partial charge in [0.2, 0.25) is 0 Å². The van der Waals surface area contributed by atoms with Crippen molar-refractivity contribution in [3.63, 3.8) is 0 Å². The number of rotatable bonds is 4. The molecule has 20 heavy (non-hydrogen) atoms. The highest BCUT2D eigenvalue weighted by Crippen LogP contribution is 2.31. The monoisotopic (exact) mass is 285 g/mol. The van der Waals surface area contributed by atoms with Crippen molar-refractivity contribution < 1.29 is 22.7 Å². The first-order valence-corrected chi connectivity index (χ1v) is 5.70. The van der Waals surface area contributed by atoms with Crippen molar-refractivity contribution in [3.05, 3.63) is 35.4 Å². The fourth-order valence-corrected chi connectivity index (χ4v) is 1.72. The third-order valence-corrected chi connectivity index (χ3v) is 2.93. The van der Waals surface area contributed by atoms with Gasteiger partial charge in [-0.15, -0.1) is 6.42 Å². The van der Waals surface area contributed by atoms with Gasteiger partial charge in [0.15, 0.2) is 0 Å². The summed E-state index contributed by atoms with van der Waals surface area (Å²) in [5, 5.41) is 2.78. The molecule has 0 saturated carbocycles. The van der Waals surface area contributed by atoms with E-state index in [1.807, 2.05) is 0 Å². The fourth-order valence-electron chi connectivity index (χ4n) is 1.72. The summed E-state index contributed by atoms with van der Waals surface area (Å²) in [7, 11) is 1.20. The number of esters is 1. The minimum atomic E-state index is -4.42. The Kier molecular flexibility index (Phi) is 4.79. The maximum atomic E-state index is 12.5. The van der Waals surface area contributed by atoms with Gasteiger partial charge >= 0.3 is 12.1 Å². The van der Waals surface area contributed by atoms with Crippen molar-refractivity contribution in [2.45, 2.75) is 18.6 Å². The molecule has 1 atom stereocenters. The minimum Gasteiger partial charge on any atom is -0.467 e. The number of carbonyl (C=O) groups is 1. The van der Waals surface area contributed by atoms with Crippen LogP contribution in [0.1, 0.15) is 18.1 Å². The van der Waals surface area contributed by atoms with Gasteiger partial charge in [-0.3, -0.25) is 5.32 Å². The number of methoxy groups -OCH3 is 1. The molecule has 0 fully saturated rings. The lowest BCUT2D eigenvalue weighted by Crippen LogP contribution is -2.47. The van der Waals surface area contributed by atoms with E-state index in [2.05, 4.69) is 16.0 Å². The van der Waals surface area contributed by atoms with Crippen molar-refractivity contribution in [2.75, 3.05) is 13.7 Å². The summed E-state index contributed by atoms with van der Waals surface area (Å²) in [5.74, 6) is 1.68. The van der Waals surface area contributed by atoms with Crippen molar-refractivity contribution in [1.82, 2.24) is 5.32 Å². The summed E-state index contributed by atoms with van der Waals surface area (Å²) in [6, 6.07) is 4.27. The lowest BCUT2D eigenvalue weighted by molar-refractivity contribution is -0.148. The Bertz CT molecular complexity index is 517. The minimum absolute atomic E-state index is 0.0760. The van der Waals surface area contributed by atoms with E-state index in [-0.39, 0.29) is 6.54 Å². The van der Waals surface area contributed by atoms with Crippen molar-refractivity contribution in [1.29, 1.82) is 0 Å². The zero-order valence-corrected chi connectivity index (χ0v) is 11.0. The number of hydrogen-bond donors (Lipinski definition) is 1. The van der Waals surface area contributed by atoms with Gasteiger partial charge < -0.3 is 4.74 Å². The van der Waals surface area contributed by atoms with Gasteiger partial charge in [-0.25, -0.2) is 4.79 Å². The summed E-state index contributed by atoms with van der Waals surface area (Å²) in [5.41, 5.74) is -1.75. The van der Waals surface area contributed by atoms with Gasteiger partial charge in [0, 0.05) is 0 Å². The molecule has 1 rings (SSSR count). The zero-order chi connectivity index (χ0) is 15.4. The number of hydrogen-bond acceptors (Lipinski definition) is 3. The molecular weight excluding hydrogens is 271 g/mol. The highest BCUT2D eigenvalue weighted by molar-refractivity contribution is 5.82. The summed E-state index contributed by atoms with van der Waals surface area (Å²) in [4.78, 5) is 11.8. The Balaban J connectivity index is 3.16. The molecule has 0 radical (unpaired) electrons. The molecule has 0 aromatic heterocycles. The topological polar surface area (TPSA) is 38.3 Å². The molecule has 0 heterocycles. The van der Waals surface area contributed by atoms with E-state index in [9.17, 15) is 18.0 Å². The molecule has 0 aliphatic rings. The lowest BCUT2D eigenvalue weighted by Gasteiger charge is -2.28. The van der Waals surface area contributed by atoms with E-state index in [4.69, 9.17) is 6.42 Å². The molecule has 1 aromatic rings. The normalized spacial score (nSPS) is 14.2. The molecule has 6 heteroatoms. The molecule has 3 nitrogen and oxygen atoms in total. The van der Waals surface area contributed by atoms with Crippen molar-refractivity contribution in [2.24, 2.45) is 0 Å². The Labute approximate surface area is 115 Å². The van der Waals surface area contributed by atoms with Crippen LogP contribution < -0.4 is 5.32 Å². The number of nitrogens with one attached hydrogen (secondary N) is 1. The second-order valence-electron chi connectivity index (χ2n) is 4.25. The molecule has 0 aliphatic carbocycles. The van der Waals surface area contributed by atoms with Crippen LogP contribution in [-0.2, 0) is 21.2 Å². The second-order valence-corrected chi connectivity index (χ2v) is 4.25. The van der Waals surface area contributed by atoms with Crippen LogP contribution in [0.2, 0.25) is 0 Å². The summed E-state index contributed by atoms with van der Waals surface area (Å²) in [6.45, 7) is 1.57. The predicted octanol–water partition coefficient (Wildman–Crippen LogP) is 2.32. The number of carbonyl (C=O) groups excluding carboxylic acids is 1. The van der Waals surface area contributed by atoms with Crippen LogP contribution in [0.25, 0.3) is 0 Å².